The van der Waals surface area contributed by atoms with Gasteiger partial charge in [-0.3, -0.25) is 0 Å². The lowest BCUT2D eigenvalue weighted by atomic mass is 10.3. The molecule has 0 N–H and O–H groups in total. The van der Waals surface area contributed by atoms with Crippen LogP contribution in [0.15, 0.2) is 55.2 Å². The standard InChI is InChI=1S/C19H18FN7/c1-2-5-16-24-14(12-17(25-16)27-10-4-8-23-27)13-26-11-9-22-19(26)18-15(20)6-3-7-21-18/h3-4,6-12H,2,5,13H2,1H3. The summed E-state index contributed by atoms with van der Waals surface area (Å²) < 4.78 is 17.7. The zero-order valence-electron chi connectivity index (χ0n) is 14.8. The number of pyridine rings is 1. The van der Waals surface area contributed by atoms with E-state index in [2.05, 4.69) is 32.0 Å². The van der Waals surface area contributed by atoms with E-state index in [-0.39, 0.29) is 5.69 Å². The average molecular weight is 363 g/mol. The van der Waals surface area contributed by atoms with Gasteiger partial charge in [0.2, 0.25) is 0 Å². The Hall–Kier alpha value is -3.42. The number of aryl methyl sites for hydroxylation is 1. The van der Waals surface area contributed by atoms with E-state index in [1.807, 2.05) is 22.9 Å². The maximum Gasteiger partial charge on any atom is 0.162 e. The Kier molecular flexibility index (Phi) is 4.69. The molecule has 0 fully saturated rings. The molecule has 136 valence electrons. The Labute approximate surface area is 155 Å². The molecule has 8 heteroatoms. The predicted octanol–water partition coefficient (Wildman–Crippen LogP) is 3.06. The molecule has 4 heterocycles. The monoisotopic (exact) mass is 363 g/mol. The smallest absolute Gasteiger partial charge is 0.162 e. The highest BCUT2D eigenvalue weighted by molar-refractivity contribution is 5.50. The molecule has 4 aromatic heterocycles. The van der Waals surface area contributed by atoms with E-state index in [0.717, 1.165) is 24.4 Å². The van der Waals surface area contributed by atoms with Crippen molar-refractivity contribution in [1.29, 1.82) is 0 Å². The van der Waals surface area contributed by atoms with Crippen LogP contribution in [0.1, 0.15) is 24.9 Å². The van der Waals surface area contributed by atoms with Gasteiger partial charge in [0.25, 0.3) is 0 Å². The highest BCUT2D eigenvalue weighted by Crippen LogP contribution is 2.19. The first kappa shape index (κ1) is 17.0. The maximum atomic E-state index is 14.1. The molecule has 0 aliphatic carbocycles. The van der Waals surface area contributed by atoms with Gasteiger partial charge in [0.15, 0.2) is 17.5 Å². The zero-order valence-corrected chi connectivity index (χ0v) is 14.8. The molecule has 27 heavy (non-hydrogen) atoms. The van der Waals surface area contributed by atoms with Gasteiger partial charge in [0, 0.05) is 43.5 Å². The number of rotatable bonds is 6. The highest BCUT2D eigenvalue weighted by Gasteiger charge is 2.14. The van der Waals surface area contributed by atoms with Crippen molar-refractivity contribution in [3.05, 3.63) is 72.6 Å². The van der Waals surface area contributed by atoms with E-state index in [0.29, 0.717) is 18.2 Å². The summed E-state index contributed by atoms with van der Waals surface area (Å²) in [5.74, 6) is 1.52. The van der Waals surface area contributed by atoms with Gasteiger partial charge in [0.05, 0.1) is 12.2 Å². The van der Waals surface area contributed by atoms with Crippen molar-refractivity contribution in [1.82, 2.24) is 34.3 Å². The van der Waals surface area contributed by atoms with Crippen molar-refractivity contribution in [2.45, 2.75) is 26.3 Å². The molecule has 0 amide bonds. The number of aromatic nitrogens is 7. The van der Waals surface area contributed by atoms with E-state index < -0.39 is 5.82 Å². The lowest BCUT2D eigenvalue weighted by Crippen LogP contribution is -2.10. The van der Waals surface area contributed by atoms with Crippen LogP contribution < -0.4 is 0 Å². The Morgan fingerprint density at radius 3 is 2.74 bits per heavy atom. The first-order chi connectivity index (χ1) is 13.2. The number of hydrogen-bond donors (Lipinski definition) is 0. The lowest BCUT2D eigenvalue weighted by Gasteiger charge is -2.11. The molecule has 0 saturated heterocycles. The molecule has 7 nitrogen and oxygen atoms in total. The molecule has 0 radical (unpaired) electrons. The van der Waals surface area contributed by atoms with Crippen molar-refractivity contribution < 1.29 is 4.39 Å². The van der Waals surface area contributed by atoms with Crippen molar-refractivity contribution >= 4 is 0 Å². The SMILES string of the molecule is CCCc1nc(Cn2ccnc2-c2ncccc2F)cc(-n2cccn2)n1. The average Bonchev–Trinajstić information content (AvgIpc) is 3.34. The van der Waals surface area contributed by atoms with E-state index in [1.54, 1.807) is 35.5 Å². The molecule has 0 saturated carbocycles. The minimum absolute atomic E-state index is 0.220. The van der Waals surface area contributed by atoms with Crippen molar-refractivity contribution in [2.75, 3.05) is 0 Å². The largest absolute Gasteiger partial charge is 0.324 e. The summed E-state index contributed by atoms with van der Waals surface area (Å²) in [5.41, 5.74) is 1.02. The van der Waals surface area contributed by atoms with E-state index >= 15 is 0 Å². The van der Waals surface area contributed by atoms with Gasteiger partial charge in [-0.15, -0.1) is 0 Å². The lowest BCUT2D eigenvalue weighted by molar-refractivity contribution is 0.621. The van der Waals surface area contributed by atoms with Crippen LogP contribution in [0, 0.1) is 5.82 Å². The van der Waals surface area contributed by atoms with Gasteiger partial charge in [-0.05, 0) is 24.6 Å². The molecule has 0 aromatic carbocycles. The summed E-state index contributed by atoms with van der Waals surface area (Å²) in [7, 11) is 0. The van der Waals surface area contributed by atoms with Crippen LogP contribution >= 0.6 is 0 Å². The highest BCUT2D eigenvalue weighted by atomic mass is 19.1. The molecule has 0 aliphatic heterocycles. The summed E-state index contributed by atoms with van der Waals surface area (Å²) >= 11 is 0. The Bertz CT molecular complexity index is 1040. The Morgan fingerprint density at radius 2 is 1.96 bits per heavy atom. The van der Waals surface area contributed by atoms with Gasteiger partial charge >= 0.3 is 0 Å². The third kappa shape index (κ3) is 3.59. The minimum Gasteiger partial charge on any atom is -0.324 e. The fraction of sp³-hybridized carbons (Fsp3) is 0.211. The first-order valence-corrected chi connectivity index (χ1v) is 8.73. The normalized spacial score (nSPS) is 11.0. The fourth-order valence-electron chi connectivity index (χ4n) is 2.85. The second-order valence-corrected chi connectivity index (χ2v) is 6.05. The second kappa shape index (κ2) is 7.45. The summed E-state index contributed by atoms with van der Waals surface area (Å²) in [6.07, 6.45) is 10.2. The van der Waals surface area contributed by atoms with Crippen LogP contribution in [0.4, 0.5) is 4.39 Å². The van der Waals surface area contributed by atoms with E-state index in [4.69, 9.17) is 0 Å². The van der Waals surface area contributed by atoms with Crippen LogP contribution in [0.3, 0.4) is 0 Å². The molecule has 4 aromatic rings. The third-order valence-electron chi connectivity index (χ3n) is 4.04. The van der Waals surface area contributed by atoms with Crippen LogP contribution in [-0.2, 0) is 13.0 Å². The van der Waals surface area contributed by atoms with Crippen LogP contribution in [-0.4, -0.2) is 34.3 Å². The van der Waals surface area contributed by atoms with Crippen molar-refractivity contribution in [3.63, 3.8) is 0 Å². The molecular formula is C19H18FN7. The number of nitrogens with zero attached hydrogens (tertiary/aromatic N) is 7. The summed E-state index contributed by atoms with van der Waals surface area (Å²) in [5, 5.41) is 4.25. The zero-order chi connectivity index (χ0) is 18.6. The topological polar surface area (TPSA) is 74.3 Å². The summed E-state index contributed by atoms with van der Waals surface area (Å²) in [6.45, 7) is 2.51. The molecule has 0 bridgehead atoms. The van der Waals surface area contributed by atoms with Crippen LogP contribution in [0.25, 0.3) is 17.3 Å². The Morgan fingerprint density at radius 1 is 1.04 bits per heavy atom. The van der Waals surface area contributed by atoms with Crippen LogP contribution in [0.5, 0.6) is 0 Å². The fourth-order valence-corrected chi connectivity index (χ4v) is 2.85. The van der Waals surface area contributed by atoms with Gasteiger partial charge in [-0.2, -0.15) is 5.10 Å². The maximum absolute atomic E-state index is 14.1. The molecule has 0 spiro atoms. The van der Waals surface area contributed by atoms with Gasteiger partial charge < -0.3 is 4.57 Å². The second-order valence-electron chi connectivity index (χ2n) is 6.05. The number of halogens is 1. The number of hydrogen-bond acceptors (Lipinski definition) is 5. The van der Waals surface area contributed by atoms with E-state index in [9.17, 15) is 4.39 Å². The quantitative estimate of drug-likeness (QED) is 0.526. The van der Waals surface area contributed by atoms with E-state index in [1.165, 1.54) is 6.07 Å². The van der Waals surface area contributed by atoms with Gasteiger partial charge in [-0.1, -0.05) is 6.92 Å². The van der Waals surface area contributed by atoms with Crippen molar-refractivity contribution in [3.8, 4) is 17.3 Å². The summed E-state index contributed by atoms with van der Waals surface area (Å²) in [6, 6.07) is 6.66. The van der Waals surface area contributed by atoms with Gasteiger partial charge in [-0.25, -0.2) is 29.0 Å². The predicted molar refractivity (Wildman–Crippen MR) is 97.7 cm³/mol. The van der Waals surface area contributed by atoms with Crippen LogP contribution in [0.2, 0.25) is 0 Å². The molecule has 0 unspecified atom stereocenters. The molecule has 4 rings (SSSR count). The third-order valence-corrected chi connectivity index (χ3v) is 4.04. The minimum atomic E-state index is -0.406. The Balaban J connectivity index is 1.71. The summed E-state index contributed by atoms with van der Waals surface area (Å²) in [4.78, 5) is 17.6. The van der Waals surface area contributed by atoms with Gasteiger partial charge in [0.1, 0.15) is 11.5 Å². The van der Waals surface area contributed by atoms with Crippen molar-refractivity contribution in [2.24, 2.45) is 0 Å². The number of imidazole rings is 1. The molecular weight excluding hydrogens is 345 g/mol. The first-order valence-electron chi connectivity index (χ1n) is 8.73. The molecule has 0 atom stereocenters. The molecule has 0 aliphatic rings.